The predicted octanol–water partition coefficient (Wildman–Crippen LogP) is 5.50. The molecular weight excluding hydrogens is 1290 g/mol. The predicted molar refractivity (Wildman–Crippen MR) is 362 cm³/mol. The molecule has 5 aliphatic rings. The van der Waals surface area contributed by atoms with Gasteiger partial charge in [0.15, 0.2) is 0 Å². The molecule has 0 radical (unpaired) electrons. The first kappa shape index (κ1) is 79.9. The molecule has 12 amide bonds. The van der Waals surface area contributed by atoms with Crippen molar-refractivity contribution in [2.75, 3.05) is 88.6 Å². The van der Waals surface area contributed by atoms with Crippen LogP contribution in [-0.2, 0) is 70.1 Å². The van der Waals surface area contributed by atoms with Crippen LogP contribution >= 0.6 is 11.6 Å². The highest BCUT2D eigenvalue weighted by molar-refractivity contribution is 6.31. The Morgan fingerprint density at radius 2 is 1.19 bits per heavy atom. The Labute approximate surface area is 581 Å². The second-order valence-electron chi connectivity index (χ2n) is 28.7. The molecule has 5 fully saturated rings. The van der Waals surface area contributed by atoms with Crippen molar-refractivity contribution >= 4 is 82.5 Å². The Bertz CT molecular complexity index is 3010. The summed E-state index contributed by atoms with van der Waals surface area (Å²) in [6, 6.07) is -6.88. The molecule has 2 saturated carbocycles. The third-order valence-electron chi connectivity index (χ3n) is 20.9. The van der Waals surface area contributed by atoms with Crippen molar-refractivity contribution in [1.29, 1.82) is 0 Å². The smallest absolute Gasteiger partial charge is 0.343 e. The number of likely N-dealkylation sites (tertiary alicyclic amines) is 1. The summed E-state index contributed by atoms with van der Waals surface area (Å²) in [6.45, 7) is 7.86. The summed E-state index contributed by atoms with van der Waals surface area (Å²) in [6.07, 6.45) is 5.60. The number of alkyl halides is 3. The van der Waals surface area contributed by atoms with Crippen LogP contribution in [0.2, 0.25) is 5.02 Å². The van der Waals surface area contributed by atoms with E-state index < -0.39 is 174 Å². The number of rotatable bonds is 11. The quantitative estimate of drug-likeness (QED) is 0.248. The van der Waals surface area contributed by atoms with Gasteiger partial charge < -0.3 is 60.0 Å². The summed E-state index contributed by atoms with van der Waals surface area (Å²) in [5.74, 6) is -8.97. The van der Waals surface area contributed by atoms with E-state index in [2.05, 4.69) is 16.0 Å². The van der Waals surface area contributed by atoms with E-state index in [0.717, 1.165) is 84.6 Å². The lowest BCUT2D eigenvalue weighted by Gasteiger charge is -2.41. The fourth-order valence-electron chi connectivity index (χ4n) is 14.5. The van der Waals surface area contributed by atoms with E-state index in [1.54, 1.807) is 11.8 Å². The van der Waals surface area contributed by atoms with Crippen LogP contribution < -0.4 is 16.0 Å². The zero-order valence-electron chi connectivity index (χ0n) is 59.7. The lowest BCUT2D eigenvalue weighted by atomic mass is 9.82. The number of hydrogen-bond acceptors (Lipinski definition) is 12. The average Bonchev–Trinajstić information content (AvgIpc) is 0.972. The highest BCUT2D eigenvalue weighted by Gasteiger charge is 2.46. The fraction of sp³-hybridized carbons (Fsp3) is 0.743. The third-order valence-corrected chi connectivity index (χ3v) is 21.2. The third kappa shape index (κ3) is 21.0. The first-order valence-corrected chi connectivity index (χ1v) is 35.7. The topological polar surface area (TPSA) is 270 Å². The first-order valence-electron chi connectivity index (χ1n) is 35.3. The van der Waals surface area contributed by atoms with Gasteiger partial charge in [0.05, 0.1) is 36.6 Å². The largest absolute Gasteiger partial charge is 0.417 e. The van der Waals surface area contributed by atoms with Gasteiger partial charge in [0.25, 0.3) is 0 Å². The Balaban J connectivity index is 1.40. The molecule has 1 aromatic carbocycles. The van der Waals surface area contributed by atoms with Crippen LogP contribution in [0.5, 0.6) is 0 Å². The van der Waals surface area contributed by atoms with Gasteiger partial charge in [-0.25, -0.2) is 0 Å². The molecule has 0 aromatic heterocycles. The molecule has 28 heteroatoms. The zero-order valence-corrected chi connectivity index (χ0v) is 60.4. The van der Waals surface area contributed by atoms with E-state index >= 15 is 9.59 Å². The summed E-state index contributed by atoms with van der Waals surface area (Å²) in [5, 5.41) is 7.82. The molecule has 9 atom stereocenters. The number of carbonyl (C=O) groups excluding carboxylic acids is 12. The number of nitrogens with zero attached hydrogens (tertiary/aromatic N) is 9. The fourth-order valence-corrected chi connectivity index (χ4v) is 14.8. The highest BCUT2D eigenvalue weighted by atomic mass is 35.5. The molecule has 548 valence electrons. The van der Waals surface area contributed by atoms with E-state index in [4.69, 9.17) is 11.6 Å². The molecule has 24 nitrogen and oxygen atoms in total. The maximum atomic E-state index is 15.5. The van der Waals surface area contributed by atoms with Gasteiger partial charge in [-0.1, -0.05) is 103 Å². The zero-order chi connectivity index (χ0) is 72.6. The molecule has 3 aliphatic heterocycles. The maximum Gasteiger partial charge on any atom is 0.417 e. The van der Waals surface area contributed by atoms with Crippen molar-refractivity contribution in [1.82, 2.24) is 60.0 Å². The molecule has 0 spiro atoms. The van der Waals surface area contributed by atoms with E-state index in [0.29, 0.717) is 57.2 Å². The number of carbonyl (C=O) groups is 12. The number of halogens is 4. The number of hydrogen-bond donors (Lipinski definition) is 3. The molecule has 6 rings (SSSR count). The van der Waals surface area contributed by atoms with Crippen molar-refractivity contribution in [3.63, 3.8) is 0 Å². The van der Waals surface area contributed by atoms with Gasteiger partial charge >= 0.3 is 6.18 Å². The number of nitrogens with one attached hydrogen (secondary N) is 3. The number of likely N-dealkylation sites (N-methyl/N-ethyl adjacent to an activating group) is 7. The minimum Gasteiger partial charge on any atom is -0.343 e. The number of piperidine rings is 1. The van der Waals surface area contributed by atoms with Crippen molar-refractivity contribution in [2.45, 2.75) is 224 Å². The van der Waals surface area contributed by atoms with Crippen LogP contribution in [0.4, 0.5) is 13.2 Å². The van der Waals surface area contributed by atoms with Crippen LogP contribution in [0.25, 0.3) is 0 Å². The summed E-state index contributed by atoms with van der Waals surface area (Å²) in [7, 11) is 9.89. The SMILES string of the molecule is CC[C@H](C)[C@@H]1NC(=O)[C@H](CC(C)C)N(C)C(=O)C[C@@H](C(=O)N2CCCCC2)N(C)C(=O)[C@H](C2CCCCC2)N(C)C(=O)[C@H](C)NC(=O)C2CCCN2C(=O)[C@H](CCc2ccc(C(F)(F)F)c(Cl)c2)NC(=O)CN(C)C(=O)[C@H](CC2CCCCC2)N(C)C(=O)CN(C)C(=O)CN(C)C1=O. The van der Waals surface area contributed by atoms with E-state index in [1.807, 2.05) is 20.8 Å². The minimum atomic E-state index is -4.76. The number of amides is 12. The molecule has 2 aliphatic carbocycles. The lowest BCUT2D eigenvalue weighted by Crippen LogP contribution is -2.61. The van der Waals surface area contributed by atoms with Gasteiger partial charge in [-0.2, -0.15) is 13.2 Å². The molecule has 1 unspecified atom stereocenters. The normalized spacial score (nSPS) is 26.8. The average molecular weight is 1400 g/mol. The maximum absolute atomic E-state index is 15.5. The molecule has 1 aromatic rings. The van der Waals surface area contributed by atoms with E-state index in [1.165, 1.54) is 86.8 Å². The summed E-state index contributed by atoms with van der Waals surface area (Å²) in [4.78, 5) is 188. The van der Waals surface area contributed by atoms with Crippen LogP contribution in [0.3, 0.4) is 0 Å². The molecule has 3 saturated heterocycles. The van der Waals surface area contributed by atoms with Crippen molar-refractivity contribution in [3.8, 4) is 0 Å². The van der Waals surface area contributed by atoms with Gasteiger partial charge in [0, 0.05) is 69.0 Å². The van der Waals surface area contributed by atoms with E-state index in [9.17, 15) is 61.1 Å². The molecule has 0 bridgehead atoms. The monoisotopic (exact) mass is 1400 g/mol. The Kier molecular flexibility index (Phi) is 29.6. The van der Waals surface area contributed by atoms with Crippen LogP contribution in [0.15, 0.2) is 18.2 Å². The number of fused-ring (bicyclic) bond motifs is 1. The lowest BCUT2D eigenvalue weighted by molar-refractivity contribution is -0.155. The van der Waals surface area contributed by atoms with Crippen LogP contribution in [0, 0.1) is 23.7 Å². The second kappa shape index (κ2) is 36.3. The Morgan fingerprint density at radius 3 is 1.80 bits per heavy atom. The minimum absolute atomic E-state index is 0.0193. The van der Waals surface area contributed by atoms with Crippen molar-refractivity contribution in [3.05, 3.63) is 34.3 Å². The Morgan fingerprint density at radius 1 is 0.602 bits per heavy atom. The number of aryl methyl sites for hydroxylation is 1. The highest BCUT2D eigenvalue weighted by Crippen LogP contribution is 2.36. The molecule has 3 N–H and O–H groups in total. The van der Waals surface area contributed by atoms with Crippen molar-refractivity contribution < 1.29 is 70.7 Å². The summed E-state index contributed by atoms with van der Waals surface area (Å²) in [5.41, 5.74) is -0.780. The van der Waals surface area contributed by atoms with Gasteiger partial charge in [-0.3, -0.25) is 57.5 Å². The van der Waals surface area contributed by atoms with Crippen LogP contribution in [0.1, 0.15) is 174 Å². The van der Waals surface area contributed by atoms with Gasteiger partial charge in [0.2, 0.25) is 70.9 Å². The first-order chi connectivity index (χ1) is 46.2. The van der Waals surface area contributed by atoms with E-state index in [-0.39, 0.29) is 50.5 Å². The van der Waals surface area contributed by atoms with Gasteiger partial charge in [0.1, 0.15) is 48.3 Å². The Hall–Kier alpha value is -7.06. The van der Waals surface area contributed by atoms with Gasteiger partial charge in [-0.05, 0) is 119 Å². The molecule has 3 heterocycles. The van der Waals surface area contributed by atoms with Crippen LogP contribution in [-0.4, -0.2) is 252 Å². The molecular formula is C70H108ClF3N12O12. The number of benzene rings is 1. The van der Waals surface area contributed by atoms with Gasteiger partial charge in [-0.15, -0.1) is 0 Å². The molecule has 98 heavy (non-hydrogen) atoms. The summed E-state index contributed by atoms with van der Waals surface area (Å²) < 4.78 is 41.4. The summed E-state index contributed by atoms with van der Waals surface area (Å²) >= 11 is 6.13. The second-order valence-corrected chi connectivity index (χ2v) is 29.1. The van der Waals surface area contributed by atoms with Crippen molar-refractivity contribution in [2.24, 2.45) is 23.7 Å². The standard InChI is InChI=1S/C70H108ClF3N12O12/c1-13-44(4)60-68(97)80(8)41-58(89)78(6)42-59(90)82(10)54(38-46-24-17-14-18-25-46)66(95)79(7)40-56(87)76-51(32-30-47-29-31-49(50(71)37-47)70(72,73)74)65(94)86-35-23-28-52(86)62(91)75-45(5)64(93)84(12)61(48-26-19-15-20-27-48)69(98)83(11)55(67(96)85-33-21-16-22-34-85)39-57(88)81(9)53(36-43(2)3)63(92)77-60/h29,31,37,43-46,48,51-55,60-61H,13-28,30,32-36,38-42H2,1-12H3,(H,75,91)(H,76,87)(H,77,92)/t44-,45-,51-,52?,53-,54-,55-,60-,61-/m0/s1.